The van der Waals surface area contributed by atoms with E-state index in [4.69, 9.17) is 25.2 Å². The topological polar surface area (TPSA) is 69.7 Å². The Morgan fingerprint density at radius 3 is 2.44 bits per heavy atom. The molecule has 0 aliphatic carbocycles. The zero-order valence-corrected chi connectivity index (χ0v) is 17.2. The van der Waals surface area contributed by atoms with E-state index in [0.29, 0.717) is 32.7 Å². The lowest BCUT2D eigenvalue weighted by Gasteiger charge is -2.09. The molecule has 0 fully saturated rings. The van der Waals surface area contributed by atoms with Crippen molar-refractivity contribution in [3.8, 4) is 16.9 Å². The Labute approximate surface area is 185 Å². The summed E-state index contributed by atoms with van der Waals surface area (Å²) >= 11 is 6.06. The van der Waals surface area contributed by atoms with E-state index in [1.807, 2.05) is 0 Å². The maximum absolute atomic E-state index is 13.1. The third kappa shape index (κ3) is 3.88. The van der Waals surface area contributed by atoms with Gasteiger partial charge in [0.25, 0.3) is 0 Å². The van der Waals surface area contributed by atoms with Gasteiger partial charge in [-0.3, -0.25) is 0 Å². The summed E-state index contributed by atoms with van der Waals surface area (Å²) in [4.78, 5) is 24.9. The number of hydrogen-bond donors (Lipinski definition) is 0. The molecule has 0 amide bonds. The fraction of sp³-hybridized carbons (Fsp3) is 0.0400. The molecule has 0 atom stereocenters. The van der Waals surface area contributed by atoms with Gasteiger partial charge in [0, 0.05) is 33.5 Å². The predicted molar refractivity (Wildman–Crippen MR) is 120 cm³/mol. The highest BCUT2D eigenvalue weighted by atomic mass is 35.5. The Morgan fingerprint density at radius 1 is 0.812 bits per heavy atom. The Balaban J connectivity index is 1.56. The van der Waals surface area contributed by atoms with Crippen molar-refractivity contribution >= 4 is 33.5 Å². The fourth-order valence-corrected chi connectivity index (χ4v) is 3.67. The quantitative estimate of drug-likeness (QED) is 0.318. The van der Waals surface area contributed by atoms with Gasteiger partial charge in [0.1, 0.15) is 29.3 Å². The van der Waals surface area contributed by atoms with Crippen molar-refractivity contribution in [1.29, 1.82) is 0 Å². The summed E-state index contributed by atoms with van der Waals surface area (Å²) < 4.78 is 29.5. The molecule has 0 unspecified atom stereocenters. The molecule has 3 aromatic carbocycles. The van der Waals surface area contributed by atoms with Crippen LogP contribution in [0.3, 0.4) is 0 Å². The molecule has 0 aliphatic heterocycles. The first kappa shape index (κ1) is 20.0. The van der Waals surface area contributed by atoms with Gasteiger partial charge in [-0.2, -0.15) is 0 Å². The molecule has 0 saturated carbocycles. The molecule has 2 heterocycles. The van der Waals surface area contributed by atoms with Crippen molar-refractivity contribution < 1.29 is 18.0 Å². The lowest BCUT2D eigenvalue weighted by atomic mass is 10.0. The van der Waals surface area contributed by atoms with Crippen LogP contribution < -0.4 is 16.0 Å². The standard InChI is InChI=1S/C25H14ClFO5/c26-16-3-8-22-15(9-16)10-21(25(29)32-22)20-12-24(28)31-23-11-18(6-7-19(20)23)30-13-14-1-4-17(27)5-2-14/h1-12H,13H2. The van der Waals surface area contributed by atoms with Crippen LogP contribution in [0.15, 0.2) is 91.2 Å². The van der Waals surface area contributed by atoms with E-state index < -0.39 is 11.3 Å². The van der Waals surface area contributed by atoms with Gasteiger partial charge >= 0.3 is 11.3 Å². The minimum atomic E-state index is -0.617. The number of hydrogen-bond acceptors (Lipinski definition) is 5. The maximum Gasteiger partial charge on any atom is 0.344 e. The highest BCUT2D eigenvalue weighted by Crippen LogP contribution is 2.30. The van der Waals surface area contributed by atoms with Gasteiger partial charge in [0.05, 0.1) is 5.56 Å². The van der Waals surface area contributed by atoms with Gasteiger partial charge in [-0.05, 0) is 54.1 Å². The summed E-state index contributed by atoms with van der Waals surface area (Å²) in [7, 11) is 0. The second-order valence-electron chi connectivity index (χ2n) is 7.18. The number of fused-ring (bicyclic) bond motifs is 2. The van der Waals surface area contributed by atoms with Crippen LogP contribution in [0.25, 0.3) is 33.1 Å². The maximum atomic E-state index is 13.1. The summed E-state index contributed by atoms with van der Waals surface area (Å²) in [6.07, 6.45) is 0. The van der Waals surface area contributed by atoms with Crippen molar-refractivity contribution in [1.82, 2.24) is 0 Å². The first-order valence-electron chi connectivity index (χ1n) is 9.65. The van der Waals surface area contributed by atoms with Gasteiger partial charge < -0.3 is 13.6 Å². The first-order valence-corrected chi connectivity index (χ1v) is 10.0. The van der Waals surface area contributed by atoms with Crippen molar-refractivity contribution in [2.75, 3.05) is 0 Å². The second kappa shape index (κ2) is 7.98. The molecule has 0 saturated heterocycles. The number of ether oxygens (including phenoxy) is 1. The third-order valence-electron chi connectivity index (χ3n) is 5.02. The number of rotatable bonds is 4. The van der Waals surface area contributed by atoms with Gasteiger partial charge in [-0.25, -0.2) is 14.0 Å². The minimum absolute atomic E-state index is 0.213. The van der Waals surface area contributed by atoms with E-state index in [0.717, 1.165) is 5.56 Å². The molecule has 0 bridgehead atoms. The van der Waals surface area contributed by atoms with Gasteiger partial charge in [-0.1, -0.05) is 23.7 Å². The molecular weight excluding hydrogens is 435 g/mol. The van der Waals surface area contributed by atoms with Crippen molar-refractivity contribution in [3.05, 3.63) is 110 Å². The molecule has 0 radical (unpaired) electrons. The summed E-state index contributed by atoms with van der Waals surface area (Å²) in [5.41, 5.74) is 0.850. The molecular formula is C25H14ClFO5. The van der Waals surface area contributed by atoms with Crippen molar-refractivity contribution in [3.63, 3.8) is 0 Å². The van der Waals surface area contributed by atoms with Gasteiger partial charge in [0.2, 0.25) is 0 Å². The largest absolute Gasteiger partial charge is 0.489 e. The monoisotopic (exact) mass is 448 g/mol. The van der Waals surface area contributed by atoms with Crippen LogP contribution in [0.1, 0.15) is 5.56 Å². The van der Waals surface area contributed by atoms with E-state index in [9.17, 15) is 14.0 Å². The van der Waals surface area contributed by atoms with Crippen LogP contribution >= 0.6 is 11.6 Å². The normalized spacial score (nSPS) is 11.2. The van der Waals surface area contributed by atoms with Crippen LogP contribution in [-0.4, -0.2) is 0 Å². The van der Waals surface area contributed by atoms with Crippen molar-refractivity contribution in [2.45, 2.75) is 6.61 Å². The highest BCUT2D eigenvalue weighted by molar-refractivity contribution is 6.31. The lowest BCUT2D eigenvalue weighted by molar-refractivity contribution is 0.306. The molecule has 0 aliphatic rings. The Kier molecular flexibility index (Phi) is 4.99. The zero-order valence-electron chi connectivity index (χ0n) is 16.4. The fourth-order valence-electron chi connectivity index (χ4n) is 3.49. The van der Waals surface area contributed by atoms with Gasteiger partial charge in [-0.15, -0.1) is 0 Å². The summed E-state index contributed by atoms with van der Waals surface area (Å²) in [5, 5.41) is 1.68. The molecule has 5 aromatic rings. The van der Waals surface area contributed by atoms with E-state index in [1.54, 1.807) is 54.6 Å². The van der Waals surface area contributed by atoms with Gasteiger partial charge in [0.15, 0.2) is 0 Å². The molecule has 5 rings (SSSR count). The predicted octanol–water partition coefficient (Wildman–Crippen LogP) is 5.94. The van der Waals surface area contributed by atoms with Crippen molar-refractivity contribution in [2.24, 2.45) is 0 Å². The van der Waals surface area contributed by atoms with Crippen LogP contribution in [0.2, 0.25) is 5.02 Å². The van der Waals surface area contributed by atoms with E-state index in [-0.39, 0.29) is 23.6 Å². The number of benzene rings is 3. The minimum Gasteiger partial charge on any atom is -0.489 e. The number of halogens is 2. The summed E-state index contributed by atoms with van der Waals surface area (Å²) in [5.74, 6) is 0.133. The van der Waals surface area contributed by atoms with Crippen LogP contribution in [0.5, 0.6) is 5.75 Å². The summed E-state index contributed by atoms with van der Waals surface area (Å²) in [6.45, 7) is 0.213. The lowest BCUT2D eigenvalue weighted by Crippen LogP contribution is -2.06. The molecule has 158 valence electrons. The third-order valence-corrected chi connectivity index (χ3v) is 5.25. The Morgan fingerprint density at radius 2 is 1.62 bits per heavy atom. The average Bonchev–Trinajstić information content (AvgIpc) is 2.78. The second-order valence-corrected chi connectivity index (χ2v) is 7.62. The smallest absolute Gasteiger partial charge is 0.344 e. The summed E-state index contributed by atoms with van der Waals surface area (Å²) in [6, 6.07) is 18.8. The Bertz CT molecular complexity index is 1590. The van der Waals surface area contributed by atoms with Crippen LogP contribution in [0, 0.1) is 5.82 Å². The van der Waals surface area contributed by atoms with Crippen LogP contribution in [0.4, 0.5) is 4.39 Å². The molecule has 5 nitrogen and oxygen atoms in total. The molecule has 7 heteroatoms. The average molecular weight is 449 g/mol. The first-order chi connectivity index (χ1) is 15.5. The van der Waals surface area contributed by atoms with Crippen LogP contribution in [-0.2, 0) is 6.61 Å². The molecule has 0 spiro atoms. The van der Waals surface area contributed by atoms with E-state index in [1.165, 1.54) is 18.2 Å². The SMILES string of the molecule is O=c1cc(-c2cc3cc(Cl)ccc3oc2=O)c2ccc(OCc3ccc(F)cc3)cc2o1. The Hall–Kier alpha value is -3.90. The van der Waals surface area contributed by atoms with E-state index >= 15 is 0 Å². The zero-order chi connectivity index (χ0) is 22.2. The molecule has 0 N–H and O–H groups in total. The van der Waals surface area contributed by atoms with E-state index in [2.05, 4.69) is 0 Å². The highest BCUT2D eigenvalue weighted by Gasteiger charge is 2.14. The molecule has 32 heavy (non-hydrogen) atoms. The molecule has 2 aromatic heterocycles.